The first kappa shape index (κ1) is 19.7. The summed E-state index contributed by atoms with van der Waals surface area (Å²) in [6, 6.07) is 4.73. The number of carbonyl (C=O) groups is 1. The van der Waals surface area contributed by atoms with Crippen LogP contribution in [0.15, 0.2) is 17.1 Å². The molecule has 1 saturated carbocycles. The lowest BCUT2D eigenvalue weighted by atomic mass is 10.00. The molecule has 0 spiro atoms. The maximum absolute atomic E-state index is 12.6. The summed E-state index contributed by atoms with van der Waals surface area (Å²) < 4.78 is 0. The number of likely N-dealkylation sites (tertiary alicyclic amines) is 1. The van der Waals surface area contributed by atoms with E-state index in [2.05, 4.69) is 53.4 Å². The highest BCUT2D eigenvalue weighted by molar-refractivity contribution is 5.81. The first-order chi connectivity index (χ1) is 13.0. The van der Waals surface area contributed by atoms with Gasteiger partial charge in [0.2, 0.25) is 5.91 Å². The van der Waals surface area contributed by atoms with Gasteiger partial charge in [0.1, 0.15) is 0 Å². The molecular formula is C22H34N4O. The number of nitrogens with one attached hydrogen (secondary N) is 2. The molecule has 1 aliphatic carbocycles. The summed E-state index contributed by atoms with van der Waals surface area (Å²) in [4.78, 5) is 19.0. The lowest BCUT2D eigenvalue weighted by molar-refractivity contribution is -0.134. The van der Waals surface area contributed by atoms with Crippen molar-refractivity contribution in [3.63, 3.8) is 0 Å². The molecule has 0 aromatic heterocycles. The zero-order chi connectivity index (χ0) is 19.4. The molecule has 5 nitrogen and oxygen atoms in total. The van der Waals surface area contributed by atoms with E-state index in [4.69, 9.17) is 0 Å². The normalized spacial score (nSPS) is 21.0. The minimum absolute atomic E-state index is 0.272. The van der Waals surface area contributed by atoms with Gasteiger partial charge < -0.3 is 15.5 Å². The van der Waals surface area contributed by atoms with E-state index in [0.717, 1.165) is 44.9 Å². The van der Waals surface area contributed by atoms with Crippen molar-refractivity contribution in [2.45, 2.75) is 65.5 Å². The Morgan fingerprint density at radius 3 is 2.44 bits per heavy atom. The topological polar surface area (TPSA) is 56.7 Å². The van der Waals surface area contributed by atoms with Gasteiger partial charge in [0, 0.05) is 38.6 Å². The summed E-state index contributed by atoms with van der Waals surface area (Å²) in [7, 11) is 1.81. The minimum atomic E-state index is 0.272. The Morgan fingerprint density at radius 2 is 1.81 bits per heavy atom. The standard InChI is InChI=1S/C22H34N4O/c1-15-11-16(2)20(17(3)12-15)13-24-22(23-4)25-19-9-10-26(14-19)21(27)18-7-5-6-8-18/h11-12,18-19H,5-10,13-14H2,1-4H3,(H2,23,24,25). The van der Waals surface area contributed by atoms with Gasteiger partial charge in [-0.2, -0.15) is 0 Å². The van der Waals surface area contributed by atoms with Crippen molar-refractivity contribution in [2.24, 2.45) is 10.9 Å². The molecule has 148 valence electrons. The summed E-state index contributed by atoms with van der Waals surface area (Å²) in [5.74, 6) is 1.45. The predicted molar refractivity (Wildman–Crippen MR) is 111 cm³/mol. The number of amides is 1. The van der Waals surface area contributed by atoms with Crippen LogP contribution in [0.3, 0.4) is 0 Å². The van der Waals surface area contributed by atoms with E-state index in [1.165, 1.54) is 35.1 Å². The summed E-state index contributed by atoms with van der Waals surface area (Å²) in [5.41, 5.74) is 5.25. The number of benzene rings is 1. The van der Waals surface area contributed by atoms with E-state index in [9.17, 15) is 4.79 Å². The van der Waals surface area contributed by atoms with Crippen LogP contribution >= 0.6 is 0 Å². The molecule has 1 aromatic carbocycles. The van der Waals surface area contributed by atoms with Crippen molar-refractivity contribution >= 4 is 11.9 Å². The smallest absolute Gasteiger partial charge is 0.225 e. The quantitative estimate of drug-likeness (QED) is 0.633. The molecule has 2 N–H and O–H groups in total. The second-order valence-electron chi connectivity index (χ2n) is 8.20. The molecule has 1 aliphatic heterocycles. The second-order valence-corrected chi connectivity index (χ2v) is 8.20. The molecule has 0 radical (unpaired) electrons. The highest BCUT2D eigenvalue weighted by Crippen LogP contribution is 2.27. The highest BCUT2D eigenvalue weighted by Gasteiger charge is 2.32. The van der Waals surface area contributed by atoms with E-state index in [0.29, 0.717) is 5.91 Å². The Labute approximate surface area is 163 Å². The number of hydrogen-bond donors (Lipinski definition) is 2. The lowest BCUT2D eigenvalue weighted by Gasteiger charge is -2.22. The van der Waals surface area contributed by atoms with Gasteiger partial charge in [-0.1, -0.05) is 30.5 Å². The van der Waals surface area contributed by atoms with Gasteiger partial charge in [-0.25, -0.2) is 0 Å². The van der Waals surface area contributed by atoms with Crippen LogP contribution in [0.4, 0.5) is 0 Å². The van der Waals surface area contributed by atoms with Crippen LogP contribution in [-0.4, -0.2) is 42.9 Å². The largest absolute Gasteiger partial charge is 0.352 e. The fourth-order valence-electron chi connectivity index (χ4n) is 4.56. The average molecular weight is 371 g/mol. The fraction of sp³-hybridized carbons (Fsp3) is 0.636. The van der Waals surface area contributed by atoms with Gasteiger partial charge in [-0.05, 0) is 56.7 Å². The summed E-state index contributed by atoms with van der Waals surface area (Å²) in [6.45, 7) is 8.87. The number of aryl methyl sites for hydroxylation is 3. The molecule has 1 aromatic rings. The van der Waals surface area contributed by atoms with Crippen LogP contribution in [0.1, 0.15) is 54.4 Å². The average Bonchev–Trinajstić information content (AvgIpc) is 3.31. The summed E-state index contributed by atoms with van der Waals surface area (Å²) in [6.07, 6.45) is 5.56. The van der Waals surface area contributed by atoms with Gasteiger partial charge in [0.15, 0.2) is 5.96 Å². The lowest BCUT2D eigenvalue weighted by Crippen LogP contribution is -2.45. The van der Waals surface area contributed by atoms with Crippen molar-refractivity contribution < 1.29 is 4.79 Å². The van der Waals surface area contributed by atoms with Crippen LogP contribution in [0.2, 0.25) is 0 Å². The molecule has 1 unspecified atom stereocenters. The van der Waals surface area contributed by atoms with E-state index in [-0.39, 0.29) is 12.0 Å². The molecule has 1 heterocycles. The van der Waals surface area contributed by atoms with Gasteiger partial charge in [0.05, 0.1) is 0 Å². The number of rotatable bonds is 4. The van der Waals surface area contributed by atoms with Gasteiger partial charge in [-0.3, -0.25) is 9.79 Å². The monoisotopic (exact) mass is 370 g/mol. The van der Waals surface area contributed by atoms with Crippen molar-refractivity contribution in [3.05, 3.63) is 34.4 Å². The number of guanidine groups is 1. The molecule has 2 fully saturated rings. The van der Waals surface area contributed by atoms with E-state index >= 15 is 0 Å². The van der Waals surface area contributed by atoms with E-state index in [1.807, 2.05) is 0 Å². The molecule has 0 bridgehead atoms. The predicted octanol–water partition coefficient (Wildman–Crippen LogP) is 3.07. The van der Waals surface area contributed by atoms with Crippen LogP contribution in [0, 0.1) is 26.7 Å². The van der Waals surface area contributed by atoms with Crippen LogP contribution in [-0.2, 0) is 11.3 Å². The Morgan fingerprint density at radius 1 is 1.15 bits per heavy atom. The Hall–Kier alpha value is -2.04. The molecule has 1 saturated heterocycles. The van der Waals surface area contributed by atoms with Crippen molar-refractivity contribution in [1.29, 1.82) is 0 Å². The molecule has 2 aliphatic rings. The third-order valence-electron chi connectivity index (χ3n) is 6.04. The number of aliphatic imine (C=N–C) groups is 1. The fourth-order valence-corrected chi connectivity index (χ4v) is 4.56. The van der Waals surface area contributed by atoms with Crippen molar-refractivity contribution in [2.75, 3.05) is 20.1 Å². The molecule has 3 rings (SSSR count). The van der Waals surface area contributed by atoms with E-state index < -0.39 is 0 Å². The molecule has 5 heteroatoms. The highest BCUT2D eigenvalue weighted by atomic mass is 16.2. The Balaban J connectivity index is 1.52. The van der Waals surface area contributed by atoms with Gasteiger partial charge in [-0.15, -0.1) is 0 Å². The summed E-state index contributed by atoms with van der Waals surface area (Å²) in [5, 5.41) is 6.95. The molecule has 1 amide bonds. The Bertz CT molecular complexity index is 683. The van der Waals surface area contributed by atoms with Gasteiger partial charge in [0.25, 0.3) is 0 Å². The molecular weight excluding hydrogens is 336 g/mol. The SMILES string of the molecule is CN=C(NCc1c(C)cc(C)cc1C)NC1CCN(C(=O)C2CCCC2)C1. The number of carbonyl (C=O) groups excluding carboxylic acids is 1. The third-order valence-corrected chi connectivity index (χ3v) is 6.04. The maximum Gasteiger partial charge on any atom is 0.225 e. The third kappa shape index (κ3) is 4.82. The van der Waals surface area contributed by atoms with Crippen LogP contribution in [0.5, 0.6) is 0 Å². The zero-order valence-electron chi connectivity index (χ0n) is 17.3. The van der Waals surface area contributed by atoms with Crippen LogP contribution in [0.25, 0.3) is 0 Å². The molecule has 1 atom stereocenters. The first-order valence-electron chi connectivity index (χ1n) is 10.3. The molecule has 27 heavy (non-hydrogen) atoms. The van der Waals surface area contributed by atoms with Crippen LogP contribution < -0.4 is 10.6 Å². The Kier molecular flexibility index (Phi) is 6.40. The van der Waals surface area contributed by atoms with Gasteiger partial charge >= 0.3 is 0 Å². The minimum Gasteiger partial charge on any atom is -0.352 e. The van der Waals surface area contributed by atoms with Crippen molar-refractivity contribution in [1.82, 2.24) is 15.5 Å². The zero-order valence-corrected chi connectivity index (χ0v) is 17.3. The number of nitrogens with zero attached hydrogens (tertiary/aromatic N) is 2. The van der Waals surface area contributed by atoms with Crippen molar-refractivity contribution in [3.8, 4) is 0 Å². The maximum atomic E-state index is 12.6. The second kappa shape index (κ2) is 8.77. The number of hydrogen-bond acceptors (Lipinski definition) is 2. The van der Waals surface area contributed by atoms with E-state index in [1.54, 1.807) is 7.05 Å². The first-order valence-corrected chi connectivity index (χ1v) is 10.3. The summed E-state index contributed by atoms with van der Waals surface area (Å²) >= 11 is 0.